The molecule has 0 N–H and O–H groups in total. The van der Waals surface area contributed by atoms with Crippen LogP contribution in [0.25, 0.3) is 6.08 Å². The van der Waals surface area contributed by atoms with Gasteiger partial charge in [-0.1, -0.05) is 36.4 Å². The number of benzene rings is 3. The van der Waals surface area contributed by atoms with E-state index in [1.54, 1.807) is 37.5 Å². The molecule has 2 heterocycles. The lowest BCUT2D eigenvalue weighted by Gasteiger charge is -2.36. The summed E-state index contributed by atoms with van der Waals surface area (Å²) in [4.78, 5) is 32.4. The maximum atomic E-state index is 13.7. The van der Waals surface area contributed by atoms with Gasteiger partial charge in [-0.15, -0.1) is 0 Å². The summed E-state index contributed by atoms with van der Waals surface area (Å²) in [6, 6.07) is 23.9. The number of morpholine rings is 1. The summed E-state index contributed by atoms with van der Waals surface area (Å²) in [5, 5.41) is 0.106. The minimum atomic E-state index is -0.484. The Bertz CT molecular complexity index is 1260. The van der Waals surface area contributed by atoms with Crippen LogP contribution in [-0.4, -0.2) is 50.3 Å². The van der Waals surface area contributed by atoms with Crippen LogP contribution in [0.5, 0.6) is 5.75 Å². The lowest BCUT2D eigenvalue weighted by Crippen LogP contribution is -2.56. The van der Waals surface area contributed by atoms with Gasteiger partial charge in [-0.25, -0.2) is 0 Å². The molecule has 0 radical (unpaired) electrons. The van der Waals surface area contributed by atoms with E-state index in [4.69, 9.17) is 21.7 Å². The van der Waals surface area contributed by atoms with Crippen LogP contribution < -0.4 is 19.4 Å². The zero-order valence-electron chi connectivity index (χ0n) is 19.8. The van der Waals surface area contributed by atoms with Gasteiger partial charge in [0.2, 0.25) is 0 Å². The number of hydrogen-bond donors (Lipinski definition) is 0. The number of anilines is 3. The number of carbonyl (C=O) groups excluding carboxylic acids is 2. The molecular formula is C28H25N3O4S. The molecule has 7 nitrogen and oxygen atoms in total. The summed E-state index contributed by atoms with van der Waals surface area (Å²) in [5.74, 6) is -0.400. The highest BCUT2D eigenvalue weighted by Crippen LogP contribution is 2.32. The quantitative estimate of drug-likeness (QED) is 0.297. The Labute approximate surface area is 215 Å². The molecule has 2 aliphatic heterocycles. The van der Waals surface area contributed by atoms with Crippen molar-refractivity contribution in [3.63, 3.8) is 0 Å². The number of para-hydroxylation sites is 2. The largest absolute Gasteiger partial charge is 0.496 e. The minimum absolute atomic E-state index is 0.00581. The van der Waals surface area contributed by atoms with Gasteiger partial charge in [-0.3, -0.25) is 19.4 Å². The first-order chi connectivity index (χ1) is 17.6. The van der Waals surface area contributed by atoms with Crippen LogP contribution in [0.2, 0.25) is 0 Å². The minimum Gasteiger partial charge on any atom is -0.496 e. The topological polar surface area (TPSA) is 62.3 Å². The Morgan fingerprint density at radius 2 is 1.36 bits per heavy atom. The van der Waals surface area contributed by atoms with Gasteiger partial charge >= 0.3 is 0 Å². The van der Waals surface area contributed by atoms with Crippen molar-refractivity contribution in [3.8, 4) is 5.75 Å². The van der Waals surface area contributed by atoms with Crippen LogP contribution in [0, 0.1) is 0 Å². The second-order valence-electron chi connectivity index (χ2n) is 8.32. The van der Waals surface area contributed by atoms with Crippen molar-refractivity contribution in [2.24, 2.45) is 0 Å². The van der Waals surface area contributed by atoms with Gasteiger partial charge in [0.25, 0.3) is 11.8 Å². The van der Waals surface area contributed by atoms with Crippen LogP contribution in [0.1, 0.15) is 5.56 Å². The van der Waals surface area contributed by atoms with E-state index in [-0.39, 0.29) is 10.7 Å². The Morgan fingerprint density at radius 3 is 1.89 bits per heavy atom. The van der Waals surface area contributed by atoms with E-state index in [1.807, 2.05) is 54.6 Å². The van der Waals surface area contributed by atoms with Crippen molar-refractivity contribution >= 4 is 52.3 Å². The van der Waals surface area contributed by atoms with Gasteiger partial charge in [-0.05, 0) is 54.7 Å². The highest BCUT2D eigenvalue weighted by Gasteiger charge is 2.41. The Balaban J connectivity index is 1.59. The molecule has 2 fully saturated rings. The molecule has 5 rings (SSSR count). The molecule has 0 spiro atoms. The molecule has 2 saturated heterocycles. The lowest BCUT2D eigenvalue weighted by atomic mass is 10.0. The normalized spacial score (nSPS) is 16.4. The molecule has 0 aromatic heterocycles. The predicted octanol–water partition coefficient (Wildman–Crippen LogP) is 4.28. The van der Waals surface area contributed by atoms with Crippen molar-refractivity contribution in [2.45, 2.75) is 0 Å². The van der Waals surface area contributed by atoms with E-state index in [0.717, 1.165) is 18.8 Å². The van der Waals surface area contributed by atoms with E-state index in [0.29, 0.717) is 35.9 Å². The predicted molar refractivity (Wildman–Crippen MR) is 144 cm³/mol. The molecule has 0 atom stereocenters. The molecule has 2 aliphatic rings. The summed E-state index contributed by atoms with van der Waals surface area (Å²) in [7, 11) is 1.58. The average Bonchev–Trinajstić information content (AvgIpc) is 2.93. The van der Waals surface area contributed by atoms with E-state index in [2.05, 4.69) is 4.90 Å². The second-order valence-corrected chi connectivity index (χ2v) is 8.68. The van der Waals surface area contributed by atoms with Crippen molar-refractivity contribution < 1.29 is 19.1 Å². The summed E-state index contributed by atoms with van der Waals surface area (Å²) in [6.07, 6.45) is 1.58. The fourth-order valence-corrected chi connectivity index (χ4v) is 4.71. The van der Waals surface area contributed by atoms with E-state index >= 15 is 0 Å². The monoisotopic (exact) mass is 499 g/mol. The van der Waals surface area contributed by atoms with Gasteiger partial charge in [0.1, 0.15) is 11.3 Å². The summed E-state index contributed by atoms with van der Waals surface area (Å²) in [6.45, 7) is 2.91. The number of rotatable bonds is 5. The Hall–Kier alpha value is -4.01. The second kappa shape index (κ2) is 10.3. The van der Waals surface area contributed by atoms with Crippen molar-refractivity contribution in [1.29, 1.82) is 0 Å². The van der Waals surface area contributed by atoms with Crippen LogP contribution >= 0.6 is 12.2 Å². The van der Waals surface area contributed by atoms with E-state index in [9.17, 15) is 9.59 Å². The third-order valence-corrected chi connectivity index (χ3v) is 6.54. The summed E-state index contributed by atoms with van der Waals surface area (Å²) in [5.41, 5.74) is 2.79. The highest BCUT2D eigenvalue weighted by atomic mass is 32.1. The van der Waals surface area contributed by atoms with Gasteiger partial charge in [0.15, 0.2) is 5.11 Å². The first kappa shape index (κ1) is 23.7. The van der Waals surface area contributed by atoms with Gasteiger partial charge in [-0.2, -0.15) is 0 Å². The third-order valence-electron chi connectivity index (χ3n) is 6.17. The maximum Gasteiger partial charge on any atom is 0.270 e. The number of ether oxygens (including phenoxy) is 2. The lowest BCUT2D eigenvalue weighted by molar-refractivity contribution is -0.120. The fourth-order valence-electron chi connectivity index (χ4n) is 4.33. The van der Waals surface area contributed by atoms with Crippen molar-refractivity contribution in [3.05, 3.63) is 90.0 Å². The van der Waals surface area contributed by atoms with Crippen LogP contribution in [-0.2, 0) is 14.3 Å². The molecule has 0 saturated carbocycles. The van der Waals surface area contributed by atoms with Crippen molar-refractivity contribution in [1.82, 2.24) is 0 Å². The summed E-state index contributed by atoms with van der Waals surface area (Å²) >= 11 is 5.66. The fraction of sp³-hybridized carbons (Fsp3) is 0.179. The number of hydrogen-bond acceptors (Lipinski definition) is 6. The Kier molecular flexibility index (Phi) is 6.79. The highest BCUT2D eigenvalue weighted by molar-refractivity contribution is 7.81. The van der Waals surface area contributed by atoms with Crippen molar-refractivity contribution in [2.75, 3.05) is 48.1 Å². The number of amides is 2. The molecule has 0 aliphatic carbocycles. The first-order valence-corrected chi connectivity index (χ1v) is 12.0. The molecule has 36 heavy (non-hydrogen) atoms. The van der Waals surface area contributed by atoms with Gasteiger partial charge in [0.05, 0.1) is 31.7 Å². The SMILES string of the molecule is COc1cc(N2CCOCC2)ccc1C=C1C(=O)N(c2ccccc2)C(=S)N(c2ccccc2)C1=O. The smallest absolute Gasteiger partial charge is 0.270 e. The molecule has 2 amide bonds. The maximum absolute atomic E-state index is 13.7. The third kappa shape index (κ3) is 4.48. The van der Waals surface area contributed by atoms with Gasteiger partial charge in [0, 0.05) is 30.4 Å². The standard InChI is InChI=1S/C28H25N3O4S/c1-34-25-19-23(29-14-16-35-17-15-29)13-12-20(25)18-24-26(32)30(21-8-4-2-5-9-21)28(36)31(27(24)33)22-10-6-3-7-11-22/h2-13,18-19H,14-17H2,1H3. The Morgan fingerprint density at radius 1 is 0.806 bits per heavy atom. The van der Waals surface area contributed by atoms with Gasteiger partial charge < -0.3 is 14.4 Å². The number of methoxy groups -OCH3 is 1. The molecule has 3 aromatic carbocycles. The van der Waals surface area contributed by atoms with Crippen LogP contribution in [0.3, 0.4) is 0 Å². The number of carbonyl (C=O) groups is 2. The number of nitrogens with zero attached hydrogens (tertiary/aromatic N) is 3. The first-order valence-electron chi connectivity index (χ1n) is 11.6. The van der Waals surface area contributed by atoms with E-state index in [1.165, 1.54) is 9.80 Å². The molecule has 8 heteroatoms. The van der Waals surface area contributed by atoms with Crippen LogP contribution in [0.15, 0.2) is 84.4 Å². The average molecular weight is 500 g/mol. The summed E-state index contributed by atoms with van der Waals surface area (Å²) < 4.78 is 11.1. The molecule has 0 bridgehead atoms. The zero-order valence-corrected chi connectivity index (χ0v) is 20.6. The van der Waals surface area contributed by atoms with Crippen LogP contribution in [0.4, 0.5) is 17.1 Å². The molecular weight excluding hydrogens is 474 g/mol. The molecule has 182 valence electrons. The molecule has 0 unspecified atom stereocenters. The zero-order chi connectivity index (χ0) is 25.1. The van der Waals surface area contributed by atoms with E-state index < -0.39 is 11.8 Å². The molecule has 3 aromatic rings. The number of thiocarbonyl (C=S) groups is 1.